The van der Waals surface area contributed by atoms with Gasteiger partial charge in [-0.25, -0.2) is 0 Å². The van der Waals surface area contributed by atoms with Crippen molar-refractivity contribution >= 4 is 5.96 Å². The summed E-state index contributed by atoms with van der Waals surface area (Å²) >= 11 is 0. The van der Waals surface area contributed by atoms with Crippen molar-refractivity contribution < 1.29 is 4.74 Å². The molecule has 0 aromatic heterocycles. The standard InChI is InChI=1S/C21H42N4O/c1-4-22-21(24(3)15-9-20-10-16-26-17-11-20)23-12-5-6-13-25-14-7-8-19(2)18-25/h19-20H,4-18H2,1-3H3,(H,22,23). The van der Waals surface area contributed by atoms with Crippen LogP contribution in [0.1, 0.15) is 58.8 Å². The molecule has 2 rings (SSSR count). The average Bonchev–Trinajstić information content (AvgIpc) is 2.66. The van der Waals surface area contributed by atoms with Gasteiger partial charge in [0, 0.05) is 46.4 Å². The van der Waals surface area contributed by atoms with Crippen LogP contribution in [-0.2, 0) is 4.74 Å². The molecule has 0 amide bonds. The van der Waals surface area contributed by atoms with Gasteiger partial charge in [0.2, 0.25) is 0 Å². The van der Waals surface area contributed by atoms with E-state index >= 15 is 0 Å². The van der Waals surface area contributed by atoms with Gasteiger partial charge in [0.15, 0.2) is 5.96 Å². The van der Waals surface area contributed by atoms with Crippen LogP contribution in [0, 0.1) is 11.8 Å². The predicted octanol–water partition coefficient (Wildman–Crippen LogP) is 3.21. The van der Waals surface area contributed by atoms with Crippen molar-refractivity contribution in [2.45, 2.75) is 58.8 Å². The van der Waals surface area contributed by atoms with E-state index in [0.717, 1.165) is 50.6 Å². The van der Waals surface area contributed by atoms with Gasteiger partial charge in [-0.1, -0.05) is 6.92 Å². The van der Waals surface area contributed by atoms with Crippen LogP contribution in [0.25, 0.3) is 0 Å². The smallest absolute Gasteiger partial charge is 0.193 e. The predicted molar refractivity (Wildman–Crippen MR) is 111 cm³/mol. The minimum absolute atomic E-state index is 0.820. The maximum Gasteiger partial charge on any atom is 0.193 e. The maximum absolute atomic E-state index is 5.47. The third-order valence-electron chi connectivity index (χ3n) is 5.80. The first-order chi connectivity index (χ1) is 12.7. The zero-order valence-corrected chi connectivity index (χ0v) is 17.5. The Kier molecular flexibility index (Phi) is 10.4. The van der Waals surface area contributed by atoms with Crippen molar-refractivity contribution in [3.63, 3.8) is 0 Å². The number of aliphatic imine (C=N–C) groups is 1. The summed E-state index contributed by atoms with van der Waals surface area (Å²) in [6, 6.07) is 0. The van der Waals surface area contributed by atoms with E-state index in [2.05, 4.69) is 36.0 Å². The minimum atomic E-state index is 0.820. The van der Waals surface area contributed by atoms with Crippen molar-refractivity contribution in [1.29, 1.82) is 0 Å². The molecule has 1 N–H and O–H groups in total. The van der Waals surface area contributed by atoms with E-state index in [1.807, 2.05) is 0 Å². The van der Waals surface area contributed by atoms with Crippen LogP contribution in [0.3, 0.4) is 0 Å². The summed E-state index contributed by atoms with van der Waals surface area (Å²) < 4.78 is 5.47. The van der Waals surface area contributed by atoms with E-state index < -0.39 is 0 Å². The van der Waals surface area contributed by atoms with Gasteiger partial charge in [-0.15, -0.1) is 0 Å². The van der Waals surface area contributed by atoms with Gasteiger partial charge in [0.1, 0.15) is 0 Å². The van der Waals surface area contributed by atoms with Crippen LogP contribution < -0.4 is 5.32 Å². The molecule has 2 saturated heterocycles. The highest BCUT2D eigenvalue weighted by Crippen LogP contribution is 2.18. The molecule has 0 aromatic carbocycles. The number of guanidine groups is 1. The molecule has 2 aliphatic rings. The highest BCUT2D eigenvalue weighted by atomic mass is 16.5. The first kappa shape index (κ1) is 21.5. The number of likely N-dealkylation sites (tertiary alicyclic amines) is 1. The molecule has 2 heterocycles. The molecule has 0 bridgehead atoms. The van der Waals surface area contributed by atoms with Crippen molar-refractivity contribution in [3.8, 4) is 0 Å². The Morgan fingerprint density at radius 2 is 2.04 bits per heavy atom. The molecule has 5 heteroatoms. The molecular weight excluding hydrogens is 324 g/mol. The Labute approximate surface area is 161 Å². The molecule has 0 spiro atoms. The van der Waals surface area contributed by atoms with Crippen molar-refractivity contribution in [1.82, 2.24) is 15.1 Å². The van der Waals surface area contributed by atoms with Crippen LogP contribution in [-0.4, -0.2) is 75.3 Å². The van der Waals surface area contributed by atoms with Gasteiger partial charge in [0.05, 0.1) is 0 Å². The third-order valence-corrected chi connectivity index (χ3v) is 5.80. The Morgan fingerprint density at radius 3 is 2.77 bits per heavy atom. The van der Waals surface area contributed by atoms with Crippen LogP contribution in [0.5, 0.6) is 0 Å². The summed E-state index contributed by atoms with van der Waals surface area (Å²) in [5, 5.41) is 3.46. The van der Waals surface area contributed by atoms with E-state index in [-0.39, 0.29) is 0 Å². The topological polar surface area (TPSA) is 40.1 Å². The molecule has 0 saturated carbocycles. The van der Waals surface area contributed by atoms with Gasteiger partial charge in [-0.3, -0.25) is 4.99 Å². The van der Waals surface area contributed by atoms with Crippen LogP contribution in [0.2, 0.25) is 0 Å². The molecule has 2 fully saturated rings. The molecule has 0 radical (unpaired) electrons. The fraction of sp³-hybridized carbons (Fsp3) is 0.952. The number of hydrogen-bond donors (Lipinski definition) is 1. The summed E-state index contributed by atoms with van der Waals surface area (Å²) in [5.41, 5.74) is 0. The lowest BCUT2D eigenvalue weighted by molar-refractivity contribution is 0.0625. The number of nitrogens with one attached hydrogen (secondary N) is 1. The van der Waals surface area contributed by atoms with Gasteiger partial charge in [-0.2, -0.15) is 0 Å². The third kappa shape index (κ3) is 8.26. The molecule has 1 unspecified atom stereocenters. The summed E-state index contributed by atoms with van der Waals surface area (Å²) in [5.74, 6) is 2.78. The zero-order chi connectivity index (χ0) is 18.6. The number of ether oxygens (including phenoxy) is 1. The highest BCUT2D eigenvalue weighted by molar-refractivity contribution is 5.79. The van der Waals surface area contributed by atoms with Crippen LogP contribution in [0.4, 0.5) is 0 Å². The van der Waals surface area contributed by atoms with E-state index in [9.17, 15) is 0 Å². The normalized spacial score (nSPS) is 23.2. The van der Waals surface area contributed by atoms with Gasteiger partial charge >= 0.3 is 0 Å². The molecule has 0 aliphatic carbocycles. The summed E-state index contributed by atoms with van der Waals surface area (Å²) in [6.07, 6.45) is 8.93. The van der Waals surface area contributed by atoms with E-state index in [4.69, 9.17) is 9.73 Å². The van der Waals surface area contributed by atoms with Gasteiger partial charge < -0.3 is 19.9 Å². The number of hydrogen-bond acceptors (Lipinski definition) is 3. The number of rotatable bonds is 9. The minimum Gasteiger partial charge on any atom is -0.381 e. The van der Waals surface area contributed by atoms with E-state index in [1.165, 1.54) is 64.6 Å². The van der Waals surface area contributed by atoms with E-state index in [1.54, 1.807) is 0 Å². The first-order valence-electron chi connectivity index (χ1n) is 11.0. The molecule has 0 aromatic rings. The summed E-state index contributed by atoms with van der Waals surface area (Å²) in [7, 11) is 2.18. The lowest BCUT2D eigenvalue weighted by atomic mass is 9.96. The summed E-state index contributed by atoms with van der Waals surface area (Å²) in [4.78, 5) is 9.82. The zero-order valence-electron chi connectivity index (χ0n) is 17.5. The lowest BCUT2D eigenvalue weighted by Crippen LogP contribution is -2.40. The van der Waals surface area contributed by atoms with Crippen molar-refractivity contribution in [2.24, 2.45) is 16.8 Å². The van der Waals surface area contributed by atoms with Gasteiger partial charge in [0.25, 0.3) is 0 Å². The molecule has 152 valence electrons. The quantitative estimate of drug-likeness (QED) is 0.386. The highest BCUT2D eigenvalue weighted by Gasteiger charge is 2.16. The Balaban J connectivity index is 1.64. The van der Waals surface area contributed by atoms with E-state index in [0.29, 0.717) is 0 Å². The van der Waals surface area contributed by atoms with Crippen molar-refractivity contribution in [2.75, 3.05) is 59.5 Å². The lowest BCUT2D eigenvalue weighted by Gasteiger charge is -2.30. The molecular formula is C21H42N4O. The average molecular weight is 367 g/mol. The number of piperidine rings is 1. The molecule has 5 nitrogen and oxygen atoms in total. The second-order valence-corrected chi connectivity index (χ2v) is 8.26. The summed E-state index contributed by atoms with van der Waals surface area (Å²) in [6.45, 7) is 13.2. The number of nitrogens with zero attached hydrogens (tertiary/aromatic N) is 3. The fourth-order valence-corrected chi connectivity index (χ4v) is 4.11. The monoisotopic (exact) mass is 366 g/mol. The van der Waals surface area contributed by atoms with Gasteiger partial charge in [-0.05, 0) is 76.8 Å². The second-order valence-electron chi connectivity index (χ2n) is 8.26. The SMILES string of the molecule is CCNC(=NCCCCN1CCCC(C)C1)N(C)CCC1CCOCC1. The van der Waals surface area contributed by atoms with Crippen molar-refractivity contribution in [3.05, 3.63) is 0 Å². The molecule has 1 atom stereocenters. The number of unbranched alkanes of at least 4 members (excludes halogenated alkanes) is 1. The second kappa shape index (κ2) is 12.6. The van der Waals surface area contributed by atoms with Crippen LogP contribution >= 0.6 is 0 Å². The molecule has 2 aliphatic heterocycles. The first-order valence-corrected chi connectivity index (χ1v) is 11.0. The maximum atomic E-state index is 5.47. The Morgan fingerprint density at radius 1 is 1.23 bits per heavy atom. The Hall–Kier alpha value is -0.810. The largest absolute Gasteiger partial charge is 0.381 e. The van der Waals surface area contributed by atoms with Crippen LogP contribution in [0.15, 0.2) is 4.99 Å². The molecule has 26 heavy (non-hydrogen) atoms. The Bertz CT molecular complexity index is 395. The fourth-order valence-electron chi connectivity index (χ4n) is 4.11.